The summed E-state index contributed by atoms with van der Waals surface area (Å²) in [6.07, 6.45) is 0.863. The Balaban J connectivity index is 2.05. The van der Waals surface area contributed by atoms with Crippen molar-refractivity contribution in [2.24, 2.45) is 0 Å². The van der Waals surface area contributed by atoms with E-state index in [2.05, 4.69) is 10.2 Å². The van der Waals surface area contributed by atoms with Crippen molar-refractivity contribution in [3.63, 3.8) is 0 Å². The molecule has 0 fully saturated rings. The molecule has 2 aromatic rings. The predicted molar refractivity (Wildman–Crippen MR) is 59.7 cm³/mol. The number of aromatic nitrogens is 3. The van der Waals surface area contributed by atoms with Gasteiger partial charge in [-0.25, -0.2) is 4.39 Å². The first kappa shape index (κ1) is 10.4. The van der Waals surface area contributed by atoms with Crippen LogP contribution in [-0.4, -0.2) is 26.0 Å². The molecule has 2 heterocycles. The number of hydrogen-bond donors (Lipinski definition) is 1. The molecule has 0 spiro atoms. The fraction of sp³-hybridized carbons (Fsp3) is 0.333. The van der Waals surface area contributed by atoms with Crippen molar-refractivity contribution in [3.8, 4) is 11.4 Å². The zero-order chi connectivity index (χ0) is 11.8. The van der Waals surface area contributed by atoms with E-state index in [1.54, 1.807) is 6.07 Å². The van der Waals surface area contributed by atoms with E-state index < -0.39 is 0 Å². The Morgan fingerprint density at radius 2 is 2.24 bits per heavy atom. The van der Waals surface area contributed by atoms with E-state index in [0.717, 1.165) is 11.4 Å². The van der Waals surface area contributed by atoms with Crippen LogP contribution in [-0.2, 0) is 13.0 Å². The lowest BCUT2D eigenvalue weighted by Crippen LogP contribution is -2.23. The monoisotopic (exact) mass is 233 g/mol. The van der Waals surface area contributed by atoms with Crippen LogP contribution in [0, 0.1) is 5.82 Å². The number of aliphatic hydroxyl groups is 1. The summed E-state index contributed by atoms with van der Waals surface area (Å²) in [5.74, 6) is 1.16. The Morgan fingerprint density at radius 3 is 3.06 bits per heavy atom. The van der Waals surface area contributed by atoms with E-state index >= 15 is 0 Å². The van der Waals surface area contributed by atoms with E-state index in [9.17, 15) is 9.50 Å². The lowest BCUT2D eigenvalue weighted by Gasteiger charge is -2.19. The molecule has 3 rings (SSSR count). The second-order valence-corrected chi connectivity index (χ2v) is 4.25. The molecule has 1 aromatic heterocycles. The van der Waals surface area contributed by atoms with E-state index in [0.29, 0.717) is 25.2 Å². The van der Waals surface area contributed by atoms with Gasteiger partial charge in [-0.3, -0.25) is 0 Å². The standard InChI is InChI=1S/C12H12FN3O/c13-9-3-1-2-8(6-9)12-15-14-11-7-10(17)4-5-16(11)12/h1-3,6,10,17H,4-5,7H2. The zero-order valence-corrected chi connectivity index (χ0v) is 9.17. The summed E-state index contributed by atoms with van der Waals surface area (Å²) >= 11 is 0. The van der Waals surface area contributed by atoms with Crippen molar-refractivity contribution in [1.29, 1.82) is 0 Å². The second-order valence-electron chi connectivity index (χ2n) is 4.25. The van der Waals surface area contributed by atoms with Crippen molar-refractivity contribution in [3.05, 3.63) is 35.9 Å². The number of fused-ring (bicyclic) bond motifs is 1. The molecule has 17 heavy (non-hydrogen) atoms. The molecule has 1 unspecified atom stereocenters. The molecule has 1 atom stereocenters. The minimum atomic E-state index is -0.341. The van der Waals surface area contributed by atoms with Gasteiger partial charge in [0.1, 0.15) is 11.6 Å². The Morgan fingerprint density at radius 1 is 1.35 bits per heavy atom. The minimum Gasteiger partial charge on any atom is -0.393 e. The summed E-state index contributed by atoms with van der Waals surface area (Å²) in [6, 6.07) is 6.32. The minimum absolute atomic E-state index is 0.282. The summed E-state index contributed by atoms with van der Waals surface area (Å²) in [6.45, 7) is 0.676. The van der Waals surface area contributed by atoms with Gasteiger partial charge < -0.3 is 9.67 Å². The lowest BCUT2D eigenvalue weighted by molar-refractivity contribution is 0.142. The number of rotatable bonds is 1. The van der Waals surface area contributed by atoms with Gasteiger partial charge in [0.05, 0.1) is 6.10 Å². The van der Waals surface area contributed by atoms with E-state index in [-0.39, 0.29) is 11.9 Å². The average molecular weight is 233 g/mol. The van der Waals surface area contributed by atoms with Crippen LogP contribution in [0.25, 0.3) is 11.4 Å². The molecule has 5 heteroatoms. The smallest absolute Gasteiger partial charge is 0.164 e. The van der Waals surface area contributed by atoms with Gasteiger partial charge in [-0.05, 0) is 18.6 Å². The third-order valence-electron chi connectivity index (χ3n) is 3.01. The van der Waals surface area contributed by atoms with Crippen LogP contribution in [0.4, 0.5) is 4.39 Å². The number of halogens is 1. The molecule has 1 aromatic carbocycles. The van der Waals surface area contributed by atoms with Gasteiger partial charge in [-0.2, -0.15) is 0 Å². The Hall–Kier alpha value is -1.75. The van der Waals surface area contributed by atoms with Crippen LogP contribution in [0.3, 0.4) is 0 Å². The van der Waals surface area contributed by atoms with Gasteiger partial charge >= 0.3 is 0 Å². The largest absolute Gasteiger partial charge is 0.393 e. The lowest BCUT2D eigenvalue weighted by atomic mass is 10.1. The number of aliphatic hydroxyl groups excluding tert-OH is 1. The van der Waals surface area contributed by atoms with Crippen LogP contribution >= 0.6 is 0 Å². The highest BCUT2D eigenvalue weighted by Gasteiger charge is 2.21. The maximum Gasteiger partial charge on any atom is 0.164 e. The molecular weight excluding hydrogens is 221 g/mol. The molecule has 1 aliphatic rings. The number of benzene rings is 1. The molecule has 0 radical (unpaired) electrons. The summed E-state index contributed by atoms with van der Waals surface area (Å²) in [7, 11) is 0. The summed E-state index contributed by atoms with van der Waals surface area (Å²) in [5.41, 5.74) is 0.722. The highest BCUT2D eigenvalue weighted by Crippen LogP contribution is 2.23. The second kappa shape index (κ2) is 3.92. The van der Waals surface area contributed by atoms with Crippen molar-refractivity contribution in [2.45, 2.75) is 25.5 Å². The first-order chi connectivity index (χ1) is 8.24. The molecule has 0 aliphatic carbocycles. The average Bonchev–Trinajstić information content (AvgIpc) is 2.71. The highest BCUT2D eigenvalue weighted by molar-refractivity contribution is 5.55. The number of hydrogen-bond acceptors (Lipinski definition) is 3. The molecule has 88 valence electrons. The van der Waals surface area contributed by atoms with Crippen LogP contribution in [0.1, 0.15) is 12.2 Å². The van der Waals surface area contributed by atoms with Gasteiger partial charge in [0.25, 0.3) is 0 Å². The molecule has 1 aliphatic heterocycles. The SMILES string of the molecule is OC1CCn2c(nnc2-c2cccc(F)c2)C1. The van der Waals surface area contributed by atoms with Crippen LogP contribution in [0.2, 0.25) is 0 Å². The quantitative estimate of drug-likeness (QED) is 0.809. The third-order valence-corrected chi connectivity index (χ3v) is 3.01. The van der Waals surface area contributed by atoms with E-state index in [4.69, 9.17) is 0 Å². The topological polar surface area (TPSA) is 50.9 Å². The zero-order valence-electron chi connectivity index (χ0n) is 9.17. The first-order valence-corrected chi connectivity index (χ1v) is 5.60. The van der Waals surface area contributed by atoms with Crippen LogP contribution in [0.5, 0.6) is 0 Å². The molecule has 0 amide bonds. The summed E-state index contributed by atoms with van der Waals surface area (Å²) in [5, 5.41) is 17.7. The van der Waals surface area contributed by atoms with Crippen molar-refractivity contribution in [2.75, 3.05) is 0 Å². The molecule has 0 saturated heterocycles. The molecule has 0 bridgehead atoms. The van der Waals surface area contributed by atoms with Crippen LogP contribution in [0.15, 0.2) is 24.3 Å². The third kappa shape index (κ3) is 1.82. The van der Waals surface area contributed by atoms with Gasteiger partial charge in [0.15, 0.2) is 5.82 Å². The van der Waals surface area contributed by atoms with Crippen molar-refractivity contribution in [1.82, 2.24) is 14.8 Å². The normalized spacial score (nSPS) is 19.1. The molecule has 4 nitrogen and oxygen atoms in total. The Kier molecular flexibility index (Phi) is 2.40. The molecule has 1 N–H and O–H groups in total. The predicted octanol–water partition coefficient (Wildman–Crippen LogP) is 1.39. The van der Waals surface area contributed by atoms with Gasteiger partial charge in [-0.1, -0.05) is 12.1 Å². The fourth-order valence-electron chi connectivity index (χ4n) is 2.15. The van der Waals surface area contributed by atoms with Crippen molar-refractivity contribution >= 4 is 0 Å². The van der Waals surface area contributed by atoms with Gasteiger partial charge in [0, 0.05) is 18.5 Å². The maximum atomic E-state index is 13.2. The Labute approximate surface area is 97.7 Å². The molecule has 0 saturated carbocycles. The van der Waals surface area contributed by atoms with Gasteiger partial charge in [0.2, 0.25) is 0 Å². The van der Waals surface area contributed by atoms with Gasteiger partial charge in [-0.15, -0.1) is 10.2 Å². The fourth-order valence-corrected chi connectivity index (χ4v) is 2.15. The molecular formula is C12H12FN3O. The van der Waals surface area contributed by atoms with Crippen molar-refractivity contribution < 1.29 is 9.50 Å². The first-order valence-electron chi connectivity index (χ1n) is 5.60. The number of nitrogens with zero attached hydrogens (tertiary/aromatic N) is 3. The van der Waals surface area contributed by atoms with E-state index in [1.807, 2.05) is 10.6 Å². The highest BCUT2D eigenvalue weighted by atomic mass is 19.1. The van der Waals surface area contributed by atoms with Crippen LogP contribution < -0.4 is 0 Å². The summed E-state index contributed by atoms with van der Waals surface area (Å²) in [4.78, 5) is 0. The summed E-state index contributed by atoms with van der Waals surface area (Å²) < 4.78 is 15.1. The Bertz CT molecular complexity index is 552. The van der Waals surface area contributed by atoms with E-state index in [1.165, 1.54) is 12.1 Å². The maximum absolute atomic E-state index is 13.2.